The predicted octanol–water partition coefficient (Wildman–Crippen LogP) is 3.04. The number of hydrogen-bond donors (Lipinski definition) is 0. The zero-order valence-electron chi connectivity index (χ0n) is 9.38. The van der Waals surface area contributed by atoms with Gasteiger partial charge in [-0.25, -0.2) is 4.98 Å². The molecule has 0 aliphatic carbocycles. The molecule has 0 bridgehead atoms. The number of aromatic nitrogens is 2. The molecule has 4 heteroatoms. The SMILES string of the molecule is O=c1c2cc(Cl)ccc2ccn1-c1ccccn1. The fraction of sp³-hybridized carbons (Fsp3) is 0. The Morgan fingerprint density at radius 2 is 2.00 bits per heavy atom. The van der Waals surface area contributed by atoms with E-state index < -0.39 is 0 Å². The maximum absolute atomic E-state index is 12.3. The number of rotatable bonds is 1. The van der Waals surface area contributed by atoms with E-state index in [2.05, 4.69) is 4.98 Å². The van der Waals surface area contributed by atoms with Crippen molar-refractivity contribution < 1.29 is 0 Å². The average Bonchev–Trinajstić information content (AvgIpc) is 2.41. The second kappa shape index (κ2) is 4.27. The Hall–Kier alpha value is -2.13. The molecule has 1 aromatic carbocycles. The van der Waals surface area contributed by atoms with Gasteiger partial charge in [-0.3, -0.25) is 9.36 Å². The molecule has 0 unspecified atom stereocenters. The molecular weight excluding hydrogens is 248 g/mol. The molecule has 3 aromatic rings. The topological polar surface area (TPSA) is 34.9 Å². The van der Waals surface area contributed by atoms with Crippen LogP contribution in [0.2, 0.25) is 5.02 Å². The van der Waals surface area contributed by atoms with Crippen LogP contribution in [0.25, 0.3) is 16.6 Å². The van der Waals surface area contributed by atoms with Gasteiger partial charge in [-0.15, -0.1) is 0 Å². The van der Waals surface area contributed by atoms with Gasteiger partial charge in [-0.1, -0.05) is 23.7 Å². The molecular formula is C14H9ClN2O. The highest BCUT2D eigenvalue weighted by Crippen LogP contribution is 2.16. The number of fused-ring (bicyclic) bond motifs is 1. The average molecular weight is 257 g/mol. The summed E-state index contributed by atoms with van der Waals surface area (Å²) >= 11 is 5.93. The molecule has 0 radical (unpaired) electrons. The van der Waals surface area contributed by atoms with Crippen molar-refractivity contribution in [1.29, 1.82) is 0 Å². The molecule has 2 heterocycles. The first-order chi connectivity index (χ1) is 8.75. The lowest BCUT2D eigenvalue weighted by atomic mass is 10.2. The highest BCUT2D eigenvalue weighted by molar-refractivity contribution is 6.31. The Bertz CT molecular complexity index is 766. The molecule has 0 fully saturated rings. The highest BCUT2D eigenvalue weighted by atomic mass is 35.5. The summed E-state index contributed by atoms with van der Waals surface area (Å²) in [6, 6.07) is 12.6. The van der Waals surface area contributed by atoms with Crippen LogP contribution in [0.1, 0.15) is 0 Å². The molecule has 0 amide bonds. The van der Waals surface area contributed by atoms with Crippen LogP contribution in [0.5, 0.6) is 0 Å². The van der Waals surface area contributed by atoms with Crippen molar-refractivity contribution in [2.75, 3.05) is 0 Å². The van der Waals surface area contributed by atoms with Crippen molar-refractivity contribution in [2.24, 2.45) is 0 Å². The van der Waals surface area contributed by atoms with Crippen molar-refractivity contribution in [3.63, 3.8) is 0 Å². The van der Waals surface area contributed by atoms with Gasteiger partial charge in [0.2, 0.25) is 0 Å². The molecule has 88 valence electrons. The van der Waals surface area contributed by atoms with Crippen LogP contribution in [0, 0.1) is 0 Å². The first-order valence-corrected chi connectivity index (χ1v) is 5.86. The summed E-state index contributed by atoms with van der Waals surface area (Å²) < 4.78 is 1.51. The van der Waals surface area contributed by atoms with E-state index in [1.807, 2.05) is 24.3 Å². The zero-order chi connectivity index (χ0) is 12.5. The summed E-state index contributed by atoms with van der Waals surface area (Å²) in [5, 5.41) is 2.02. The van der Waals surface area contributed by atoms with E-state index in [0.717, 1.165) is 5.39 Å². The van der Waals surface area contributed by atoms with Crippen molar-refractivity contribution >= 4 is 22.4 Å². The molecule has 0 aliphatic rings. The minimum atomic E-state index is -0.117. The van der Waals surface area contributed by atoms with Gasteiger partial charge in [-0.05, 0) is 35.7 Å². The van der Waals surface area contributed by atoms with Crippen LogP contribution in [-0.4, -0.2) is 9.55 Å². The van der Waals surface area contributed by atoms with Gasteiger partial charge < -0.3 is 0 Å². The summed E-state index contributed by atoms with van der Waals surface area (Å²) in [7, 11) is 0. The quantitative estimate of drug-likeness (QED) is 0.671. The van der Waals surface area contributed by atoms with Crippen molar-refractivity contribution in [1.82, 2.24) is 9.55 Å². The van der Waals surface area contributed by atoms with Crippen LogP contribution >= 0.6 is 11.6 Å². The molecule has 18 heavy (non-hydrogen) atoms. The summed E-state index contributed by atoms with van der Waals surface area (Å²) in [5.74, 6) is 0.601. The number of pyridine rings is 2. The van der Waals surface area contributed by atoms with Crippen LogP contribution in [-0.2, 0) is 0 Å². The standard InChI is InChI=1S/C14H9ClN2O/c15-11-5-4-10-6-8-17(14(18)12(10)9-11)13-3-1-2-7-16-13/h1-9H. The Labute approximate surface area is 108 Å². The molecule has 0 atom stereocenters. The second-order valence-electron chi connectivity index (χ2n) is 3.91. The van der Waals surface area contributed by atoms with Gasteiger partial charge in [0.1, 0.15) is 5.82 Å². The lowest BCUT2D eigenvalue weighted by Crippen LogP contribution is -2.18. The van der Waals surface area contributed by atoms with E-state index in [1.54, 1.807) is 30.6 Å². The van der Waals surface area contributed by atoms with Crippen molar-refractivity contribution in [3.05, 3.63) is 70.2 Å². The van der Waals surface area contributed by atoms with Gasteiger partial charge in [0.25, 0.3) is 5.56 Å². The fourth-order valence-corrected chi connectivity index (χ4v) is 2.06. The highest BCUT2D eigenvalue weighted by Gasteiger charge is 2.05. The van der Waals surface area contributed by atoms with Crippen LogP contribution in [0.4, 0.5) is 0 Å². The van der Waals surface area contributed by atoms with Gasteiger partial charge >= 0.3 is 0 Å². The number of halogens is 1. The molecule has 0 spiro atoms. The first kappa shape index (κ1) is 11.0. The third-order valence-corrected chi connectivity index (χ3v) is 3.00. The number of hydrogen-bond acceptors (Lipinski definition) is 2. The van der Waals surface area contributed by atoms with Crippen molar-refractivity contribution in [3.8, 4) is 5.82 Å². The summed E-state index contributed by atoms with van der Waals surface area (Å²) in [6.07, 6.45) is 3.38. The van der Waals surface area contributed by atoms with E-state index >= 15 is 0 Å². The van der Waals surface area contributed by atoms with E-state index in [1.165, 1.54) is 4.57 Å². The Balaban J connectivity index is 2.33. The minimum Gasteiger partial charge on any atom is -0.268 e. The van der Waals surface area contributed by atoms with Crippen LogP contribution < -0.4 is 5.56 Å². The lowest BCUT2D eigenvalue weighted by molar-refractivity contribution is 0.955. The van der Waals surface area contributed by atoms with Crippen LogP contribution in [0.3, 0.4) is 0 Å². The van der Waals surface area contributed by atoms with Gasteiger partial charge in [0.05, 0.1) is 0 Å². The fourth-order valence-electron chi connectivity index (χ4n) is 1.89. The number of nitrogens with zero attached hydrogens (tertiary/aromatic N) is 2. The minimum absolute atomic E-state index is 0.117. The molecule has 3 nitrogen and oxygen atoms in total. The molecule has 2 aromatic heterocycles. The Morgan fingerprint density at radius 3 is 2.78 bits per heavy atom. The normalized spacial score (nSPS) is 10.7. The molecule has 0 N–H and O–H groups in total. The second-order valence-corrected chi connectivity index (χ2v) is 4.35. The summed E-state index contributed by atoms with van der Waals surface area (Å²) in [6.45, 7) is 0. The van der Waals surface area contributed by atoms with E-state index in [4.69, 9.17) is 11.6 Å². The van der Waals surface area contributed by atoms with E-state index in [0.29, 0.717) is 16.2 Å². The first-order valence-electron chi connectivity index (χ1n) is 5.48. The molecule has 0 aliphatic heterocycles. The van der Waals surface area contributed by atoms with Crippen molar-refractivity contribution in [2.45, 2.75) is 0 Å². The third-order valence-electron chi connectivity index (χ3n) is 2.76. The summed E-state index contributed by atoms with van der Waals surface area (Å²) in [4.78, 5) is 16.5. The molecule has 0 saturated heterocycles. The Kier molecular flexibility index (Phi) is 2.61. The van der Waals surface area contributed by atoms with Gasteiger partial charge in [0, 0.05) is 22.8 Å². The predicted molar refractivity (Wildman–Crippen MR) is 72.4 cm³/mol. The third kappa shape index (κ3) is 1.79. The zero-order valence-corrected chi connectivity index (χ0v) is 10.1. The molecule has 0 saturated carbocycles. The number of benzene rings is 1. The maximum atomic E-state index is 12.3. The molecule has 3 rings (SSSR count). The largest absolute Gasteiger partial charge is 0.268 e. The Morgan fingerprint density at radius 1 is 1.11 bits per heavy atom. The smallest absolute Gasteiger partial charge is 0.264 e. The maximum Gasteiger partial charge on any atom is 0.264 e. The van der Waals surface area contributed by atoms with E-state index in [9.17, 15) is 4.79 Å². The van der Waals surface area contributed by atoms with Crippen LogP contribution in [0.15, 0.2) is 59.7 Å². The monoisotopic (exact) mass is 256 g/mol. The summed E-state index contributed by atoms with van der Waals surface area (Å²) in [5.41, 5.74) is -0.117. The lowest BCUT2D eigenvalue weighted by Gasteiger charge is -2.06. The van der Waals surface area contributed by atoms with E-state index in [-0.39, 0.29) is 5.56 Å². The van der Waals surface area contributed by atoms with Gasteiger partial charge in [-0.2, -0.15) is 0 Å². The van der Waals surface area contributed by atoms with Gasteiger partial charge in [0.15, 0.2) is 0 Å².